The minimum Gasteiger partial charge on any atom is -0.496 e. The van der Waals surface area contributed by atoms with Gasteiger partial charge in [0, 0.05) is 51.3 Å². The van der Waals surface area contributed by atoms with Gasteiger partial charge in [-0.05, 0) is 75.2 Å². The number of fused-ring (bicyclic) bond motifs is 1. The second kappa shape index (κ2) is 14.4. The molecule has 2 fully saturated rings. The van der Waals surface area contributed by atoms with Gasteiger partial charge >= 0.3 is 0 Å². The number of amides is 1. The molecule has 3 aromatic carbocycles. The molecule has 2 aliphatic heterocycles. The third kappa shape index (κ3) is 6.60. The highest BCUT2D eigenvalue weighted by Gasteiger charge is 2.42. The number of hydrogen-bond acceptors (Lipinski definition) is 7. The van der Waals surface area contributed by atoms with E-state index in [1.54, 1.807) is 25.3 Å². The van der Waals surface area contributed by atoms with Crippen LogP contribution in [0, 0.1) is 11.3 Å². The third-order valence-electron chi connectivity index (χ3n) is 9.66. The number of ether oxygens (including phenoxy) is 2. The topological polar surface area (TPSA) is 86.9 Å². The molecule has 1 aromatic heterocycles. The predicted octanol–water partition coefficient (Wildman–Crippen LogP) is 5.34. The standard InChI is InChI=1S/C37H44N6O3/c1-3-46-25-24-43-33-13-8-7-12-32(33)39-36(43)41-19-9-18-40(22-23-41)20-16-37(30-10-5-4-6-11-30)17-21-42(28-37)35(44)31-26-29(27-38)14-15-34(31)45-2/h4-8,10-15,26H,3,9,16-25,28H2,1-2H3. The van der Waals surface area contributed by atoms with Gasteiger partial charge in [0.25, 0.3) is 5.91 Å². The lowest BCUT2D eigenvalue weighted by Crippen LogP contribution is -2.39. The monoisotopic (exact) mass is 620 g/mol. The summed E-state index contributed by atoms with van der Waals surface area (Å²) < 4.78 is 13.5. The number of carbonyl (C=O) groups excluding carboxylic acids is 1. The number of nitrogens with zero attached hydrogens (tertiary/aromatic N) is 6. The van der Waals surface area contributed by atoms with Gasteiger partial charge < -0.3 is 28.7 Å². The summed E-state index contributed by atoms with van der Waals surface area (Å²) in [4.78, 5) is 25.9. The molecule has 1 unspecified atom stereocenters. The van der Waals surface area contributed by atoms with Crippen molar-refractivity contribution in [3.8, 4) is 11.8 Å². The summed E-state index contributed by atoms with van der Waals surface area (Å²) in [5, 5.41) is 9.46. The molecule has 2 aliphatic rings. The second-order valence-electron chi connectivity index (χ2n) is 12.3. The van der Waals surface area contributed by atoms with Crippen LogP contribution in [0.25, 0.3) is 11.0 Å². The van der Waals surface area contributed by atoms with Gasteiger partial charge in [-0.15, -0.1) is 0 Å². The zero-order chi connectivity index (χ0) is 31.9. The number of imidazole rings is 1. The number of nitriles is 1. The molecule has 46 heavy (non-hydrogen) atoms. The van der Waals surface area contributed by atoms with E-state index in [0.717, 1.165) is 75.5 Å². The Kier molecular flexibility index (Phi) is 9.86. The van der Waals surface area contributed by atoms with Crippen LogP contribution >= 0.6 is 0 Å². The zero-order valence-corrected chi connectivity index (χ0v) is 27.0. The summed E-state index contributed by atoms with van der Waals surface area (Å²) in [5.74, 6) is 1.45. The Hall–Kier alpha value is -4.39. The van der Waals surface area contributed by atoms with E-state index in [-0.39, 0.29) is 11.3 Å². The summed E-state index contributed by atoms with van der Waals surface area (Å²) in [5.41, 5.74) is 4.22. The van der Waals surface area contributed by atoms with Gasteiger partial charge in [0.15, 0.2) is 0 Å². The number of hydrogen-bond donors (Lipinski definition) is 0. The first-order valence-corrected chi connectivity index (χ1v) is 16.5. The molecule has 3 heterocycles. The van der Waals surface area contributed by atoms with Gasteiger partial charge in [-0.2, -0.15) is 5.26 Å². The van der Waals surface area contributed by atoms with Crippen LogP contribution in [-0.2, 0) is 16.7 Å². The maximum Gasteiger partial charge on any atom is 0.257 e. The van der Waals surface area contributed by atoms with Crippen LogP contribution in [0.4, 0.5) is 5.95 Å². The number of methoxy groups -OCH3 is 1. The molecule has 0 spiro atoms. The number of likely N-dealkylation sites (tertiary alicyclic amines) is 1. The molecule has 9 heteroatoms. The lowest BCUT2D eigenvalue weighted by Gasteiger charge is -2.33. The normalized spacial score (nSPS) is 18.9. The van der Waals surface area contributed by atoms with E-state index in [9.17, 15) is 10.1 Å². The van der Waals surface area contributed by atoms with Gasteiger partial charge in [-0.25, -0.2) is 4.98 Å². The Bertz CT molecular complexity index is 1680. The van der Waals surface area contributed by atoms with E-state index in [1.807, 2.05) is 11.8 Å². The van der Waals surface area contributed by atoms with E-state index < -0.39 is 0 Å². The number of anilines is 1. The van der Waals surface area contributed by atoms with Crippen molar-refractivity contribution in [1.82, 2.24) is 19.4 Å². The van der Waals surface area contributed by atoms with Crippen LogP contribution < -0.4 is 9.64 Å². The second-order valence-corrected chi connectivity index (χ2v) is 12.3. The lowest BCUT2D eigenvalue weighted by atomic mass is 9.76. The molecule has 0 saturated carbocycles. The number of para-hydroxylation sites is 2. The quantitative estimate of drug-likeness (QED) is 0.209. The highest BCUT2D eigenvalue weighted by atomic mass is 16.5. The Morgan fingerprint density at radius 1 is 0.978 bits per heavy atom. The summed E-state index contributed by atoms with van der Waals surface area (Å²) in [6.45, 7) is 10.3. The molecule has 4 aromatic rings. The fourth-order valence-electron chi connectivity index (χ4n) is 7.13. The SMILES string of the molecule is CCOCCn1c(N2CCCN(CCC3(c4ccccc4)CCN(C(=O)c4cc(C#N)ccc4OC)C3)CC2)nc2ccccc21. The van der Waals surface area contributed by atoms with Gasteiger partial charge in [-0.3, -0.25) is 4.79 Å². The van der Waals surface area contributed by atoms with Crippen molar-refractivity contribution in [2.24, 2.45) is 0 Å². The van der Waals surface area contributed by atoms with Crippen molar-refractivity contribution in [2.75, 3.05) is 71.0 Å². The van der Waals surface area contributed by atoms with Crippen molar-refractivity contribution in [1.29, 1.82) is 5.26 Å². The highest BCUT2D eigenvalue weighted by Crippen LogP contribution is 2.39. The Morgan fingerprint density at radius 2 is 1.80 bits per heavy atom. The first-order chi connectivity index (χ1) is 22.5. The van der Waals surface area contributed by atoms with Gasteiger partial charge in [0.1, 0.15) is 5.75 Å². The maximum absolute atomic E-state index is 13.8. The minimum atomic E-state index is -0.143. The molecule has 0 aliphatic carbocycles. The van der Waals surface area contributed by atoms with Crippen LogP contribution in [0.1, 0.15) is 47.7 Å². The highest BCUT2D eigenvalue weighted by molar-refractivity contribution is 5.97. The van der Waals surface area contributed by atoms with Crippen molar-refractivity contribution in [3.63, 3.8) is 0 Å². The average molecular weight is 621 g/mol. The zero-order valence-electron chi connectivity index (χ0n) is 27.0. The number of benzene rings is 3. The van der Waals surface area contributed by atoms with Crippen molar-refractivity contribution >= 4 is 22.9 Å². The Balaban J connectivity index is 1.16. The molecular weight excluding hydrogens is 576 g/mol. The van der Waals surface area contributed by atoms with Crippen molar-refractivity contribution in [3.05, 3.63) is 89.5 Å². The molecular formula is C37H44N6O3. The van der Waals surface area contributed by atoms with Crippen LogP contribution in [0.2, 0.25) is 0 Å². The minimum absolute atomic E-state index is 0.0793. The molecule has 0 N–H and O–H groups in total. The molecule has 0 bridgehead atoms. The Labute approximate surface area is 271 Å². The molecule has 9 nitrogen and oxygen atoms in total. The molecule has 6 rings (SSSR count). The van der Waals surface area contributed by atoms with Crippen LogP contribution in [-0.4, -0.2) is 91.4 Å². The van der Waals surface area contributed by atoms with Crippen LogP contribution in [0.3, 0.4) is 0 Å². The summed E-state index contributed by atoms with van der Waals surface area (Å²) in [7, 11) is 1.56. The molecule has 0 radical (unpaired) electrons. The van der Waals surface area contributed by atoms with Crippen LogP contribution in [0.5, 0.6) is 5.75 Å². The van der Waals surface area contributed by atoms with E-state index in [4.69, 9.17) is 14.5 Å². The summed E-state index contributed by atoms with van der Waals surface area (Å²) >= 11 is 0. The van der Waals surface area contributed by atoms with Crippen molar-refractivity contribution < 1.29 is 14.3 Å². The third-order valence-corrected chi connectivity index (χ3v) is 9.66. The average Bonchev–Trinajstić information content (AvgIpc) is 3.62. The summed E-state index contributed by atoms with van der Waals surface area (Å²) in [6, 6.07) is 26.3. The van der Waals surface area contributed by atoms with E-state index in [0.29, 0.717) is 43.2 Å². The van der Waals surface area contributed by atoms with Gasteiger partial charge in [0.05, 0.1) is 41.9 Å². The molecule has 1 amide bonds. The first kappa shape index (κ1) is 31.6. The van der Waals surface area contributed by atoms with Crippen molar-refractivity contribution in [2.45, 2.75) is 38.1 Å². The smallest absolute Gasteiger partial charge is 0.257 e. The van der Waals surface area contributed by atoms with E-state index in [2.05, 4.69) is 75.0 Å². The van der Waals surface area contributed by atoms with Gasteiger partial charge in [-0.1, -0.05) is 42.5 Å². The fraction of sp³-hybridized carbons (Fsp3) is 0.432. The first-order valence-electron chi connectivity index (χ1n) is 16.5. The predicted molar refractivity (Wildman–Crippen MR) is 180 cm³/mol. The lowest BCUT2D eigenvalue weighted by molar-refractivity contribution is 0.0777. The molecule has 1 atom stereocenters. The van der Waals surface area contributed by atoms with E-state index in [1.165, 1.54) is 5.56 Å². The molecule has 2 saturated heterocycles. The van der Waals surface area contributed by atoms with Crippen LogP contribution in [0.15, 0.2) is 72.8 Å². The summed E-state index contributed by atoms with van der Waals surface area (Å²) in [6.07, 6.45) is 2.92. The maximum atomic E-state index is 13.8. The van der Waals surface area contributed by atoms with E-state index >= 15 is 0 Å². The molecule has 240 valence electrons. The fourth-order valence-corrected chi connectivity index (χ4v) is 7.13. The Morgan fingerprint density at radius 3 is 2.61 bits per heavy atom. The number of rotatable bonds is 11. The largest absolute Gasteiger partial charge is 0.496 e. The number of aromatic nitrogens is 2. The van der Waals surface area contributed by atoms with Gasteiger partial charge in [0.2, 0.25) is 5.95 Å². The number of carbonyl (C=O) groups is 1.